The smallest absolute Gasteiger partial charge is 0.475 e. The molecule has 1 fully saturated rings. The summed E-state index contributed by atoms with van der Waals surface area (Å²) in [6.45, 7) is 5.46. The Labute approximate surface area is 236 Å². The summed E-state index contributed by atoms with van der Waals surface area (Å²) >= 11 is 1.85. The van der Waals surface area contributed by atoms with Crippen LogP contribution in [0.1, 0.15) is 49.2 Å². The number of aryl methyl sites for hydroxylation is 1. The number of rotatable bonds is 10. The lowest BCUT2D eigenvalue weighted by Crippen LogP contribution is -2.47. The molecule has 2 aromatic rings. The second-order valence-corrected chi connectivity index (χ2v) is 10.7. The fourth-order valence-corrected chi connectivity index (χ4v) is 5.16. The fourth-order valence-electron chi connectivity index (χ4n) is 4.66. The van der Waals surface area contributed by atoms with Crippen molar-refractivity contribution in [1.29, 1.82) is 0 Å². The lowest BCUT2D eigenvalue weighted by Gasteiger charge is -2.36. The number of carboxylic acid groups (broad SMARTS) is 1. The predicted molar refractivity (Wildman–Crippen MR) is 148 cm³/mol. The number of carboxylic acids is 1. The number of fused-ring (bicyclic) bond motifs is 1. The van der Waals surface area contributed by atoms with E-state index in [1.165, 1.54) is 36.9 Å². The molecule has 3 N–H and O–H groups in total. The van der Waals surface area contributed by atoms with E-state index in [4.69, 9.17) is 24.6 Å². The number of H-pyrrole nitrogens is 1. The molecule has 4 rings (SSSR count). The summed E-state index contributed by atoms with van der Waals surface area (Å²) in [6, 6.07) is 0. The van der Waals surface area contributed by atoms with E-state index < -0.39 is 12.1 Å². The molecule has 0 radical (unpaired) electrons. The van der Waals surface area contributed by atoms with E-state index in [2.05, 4.69) is 36.6 Å². The van der Waals surface area contributed by atoms with Crippen molar-refractivity contribution < 1.29 is 27.8 Å². The summed E-state index contributed by atoms with van der Waals surface area (Å²) in [5.74, 6) is 1.15. The third-order valence-electron chi connectivity index (χ3n) is 6.88. The first-order chi connectivity index (χ1) is 19.2. The van der Waals surface area contributed by atoms with E-state index in [9.17, 15) is 13.2 Å². The molecule has 0 spiro atoms. The van der Waals surface area contributed by atoms with Crippen LogP contribution in [-0.2, 0) is 28.9 Å². The highest BCUT2D eigenvalue weighted by atomic mass is 32.2. The van der Waals surface area contributed by atoms with Crippen LogP contribution in [0, 0.1) is 0 Å². The van der Waals surface area contributed by atoms with Gasteiger partial charge in [-0.2, -0.15) is 35.0 Å². The molecule has 15 heteroatoms. The highest BCUT2D eigenvalue weighted by molar-refractivity contribution is 7.98. The molecule has 11 nitrogen and oxygen atoms in total. The molecule has 1 saturated heterocycles. The Bertz CT molecular complexity index is 1040. The van der Waals surface area contributed by atoms with Gasteiger partial charge >= 0.3 is 12.1 Å². The third kappa shape index (κ3) is 10.1. The molecular weight excluding hydrogens is 549 g/mol. The van der Waals surface area contributed by atoms with Crippen molar-refractivity contribution in [3.63, 3.8) is 0 Å². The van der Waals surface area contributed by atoms with Crippen molar-refractivity contribution >= 4 is 29.5 Å². The Balaban J connectivity index is 0.000000559. The number of nitrogens with one attached hydrogen (secondary N) is 2. The molecule has 40 heavy (non-hydrogen) atoms. The summed E-state index contributed by atoms with van der Waals surface area (Å²) in [5.41, 5.74) is 2.61. The number of hydrogen-bond acceptors (Lipinski definition) is 10. The summed E-state index contributed by atoms with van der Waals surface area (Å²) in [7, 11) is 1.79. The van der Waals surface area contributed by atoms with E-state index in [1.807, 2.05) is 11.8 Å². The fraction of sp³-hybridized carbons (Fsp3) is 0.720. The van der Waals surface area contributed by atoms with Crippen molar-refractivity contribution in [2.24, 2.45) is 0 Å². The van der Waals surface area contributed by atoms with Gasteiger partial charge < -0.3 is 20.1 Å². The van der Waals surface area contributed by atoms with Gasteiger partial charge in [-0.15, -0.1) is 0 Å². The monoisotopic (exact) mass is 588 g/mol. The summed E-state index contributed by atoms with van der Waals surface area (Å²) in [5, 5.41) is 17.6. The number of aromatic amines is 1. The lowest BCUT2D eigenvalue weighted by molar-refractivity contribution is -0.192. The number of anilines is 2. The lowest BCUT2D eigenvalue weighted by atomic mass is 9.97. The van der Waals surface area contributed by atoms with Crippen LogP contribution in [-0.4, -0.2) is 105 Å². The summed E-state index contributed by atoms with van der Waals surface area (Å²) in [6.07, 6.45) is 6.98. The van der Waals surface area contributed by atoms with Gasteiger partial charge in [0.25, 0.3) is 0 Å². The number of alkyl halides is 3. The van der Waals surface area contributed by atoms with Crippen LogP contribution in [0.4, 0.5) is 24.9 Å². The molecule has 1 unspecified atom stereocenters. The number of nitrogens with zero attached hydrogens (tertiary/aromatic N) is 6. The Morgan fingerprint density at radius 2 is 1.88 bits per heavy atom. The summed E-state index contributed by atoms with van der Waals surface area (Å²) in [4.78, 5) is 28.1. The third-order valence-corrected chi connectivity index (χ3v) is 7.52. The van der Waals surface area contributed by atoms with Gasteiger partial charge in [0.1, 0.15) is 18.0 Å². The molecule has 1 aliphatic carbocycles. The molecule has 0 saturated carbocycles. The summed E-state index contributed by atoms with van der Waals surface area (Å²) < 4.78 is 37.4. The van der Waals surface area contributed by atoms with Crippen LogP contribution < -0.4 is 10.2 Å². The average molecular weight is 589 g/mol. The molecule has 0 amide bonds. The van der Waals surface area contributed by atoms with Crippen molar-refractivity contribution in [3.05, 3.63) is 23.4 Å². The molecule has 0 bridgehead atoms. The quantitative estimate of drug-likeness (QED) is 0.377. The largest absolute Gasteiger partial charge is 0.490 e. The second-order valence-electron chi connectivity index (χ2n) is 9.73. The zero-order valence-corrected chi connectivity index (χ0v) is 23.9. The number of carbonyl (C=O) groups is 1. The standard InChI is InChI=1S/C23H38N8OS.C2HF3O2/c1-32-18(9-14-33-2)15-24-23-27-20-8-6-4-3-5-7-19(20)22(28-23)31-12-10-30(11-13-31)16-21-25-17-26-29-21;3-2(4,5)1(6)7/h17-18H,3-16H2,1-2H3,(H,24,27,28)(H,25,26,29);(H,6,7). The Hall–Kier alpha value is -2.65. The first-order valence-corrected chi connectivity index (χ1v) is 14.9. The first kappa shape index (κ1) is 31.9. The minimum absolute atomic E-state index is 0.172. The number of aliphatic carboxylic acids is 1. The minimum atomic E-state index is -5.08. The van der Waals surface area contributed by atoms with Gasteiger partial charge in [0.2, 0.25) is 5.95 Å². The van der Waals surface area contributed by atoms with Crippen LogP contribution in [0.2, 0.25) is 0 Å². The minimum Gasteiger partial charge on any atom is -0.475 e. The molecular formula is C25H39F3N8O3S. The number of ether oxygens (including phenoxy) is 1. The highest BCUT2D eigenvalue weighted by Crippen LogP contribution is 2.29. The Kier molecular flexibility index (Phi) is 12.7. The second kappa shape index (κ2) is 16.0. The predicted octanol–water partition coefficient (Wildman–Crippen LogP) is 3.39. The van der Waals surface area contributed by atoms with Crippen LogP contribution in [0.5, 0.6) is 0 Å². The maximum absolute atomic E-state index is 10.6. The number of hydrogen-bond donors (Lipinski definition) is 3. The van der Waals surface area contributed by atoms with Gasteiger partial charge in [-0.25, -0.2) is 14.8 Å². The number of thioether (sulfide) groups is 1. The molecule has 0 aromatic carbocycles. The van der Waals surface area contributed by atoms with Gasteiger partial charge in [-0.05, 0) is 44.1 Å². The molecule has 2 aliphatic rings. The number of methoxy groups -OCH3 is 1. The van der Waals surface area contributed by atoms with Gasteiger partial charge in [0, 0.05) is 45.4 Å². The highest BCUT2D eigenvalue weighted by Gasteiger charge is 2.38. The van der Waals surface area contributed by atoms with Crippen LogP contribution in [0.25, 0.3) is 0 Å². The van der Waals surface area contributed by atoms with Crippen molar-refractivity contribution in [3.8, 4) is 0 Å². The van der Waals surface area contributed by atoms with E-state index in [0.717, 1.165) is 81.9 Å². The van der Waals surface area contributed by atoms with Crippen molar-refractivity contribution in [2.75, 3.05) is 62.1 Å². The maximum Gasteiger partial charge on any atom is 0.490 e. The molecule has 1 atom stereocenters. The normalized spacial score (nSPS) is 17.2. The van der Waals surface area contributed by atoms with E-state index >= 15 is 0 Å². The zero-order chi connectivity index (χ0) is 29.0. The first-order valence-electron chi connectivity index (χ1n) is 13.5. The number of aromatic nitrogens is 5. The van der Waals surface area contributed by atoms with Gasteiger partial charge in [0.05, 0.1) is 18.3 Å². The Morgan fingerprint density at radius 3 is 2.48 bits per heavy atom. The van der Waals surface area contributed by atoms with Gasteiger partial charge in [-0.3, -0.25) is 10.00 Å². The van der Waals surface area contributed by atoms with Gasteiger partial charge in [0.15, 0.2) is 0 Å². The number of piperazine rings is 1. The zero-order valence-electron chi connectivity index (χ0n) is 23.0. The van der Waals surface area contributed by atoms with Crippen LogP contribution in [0.15, 0.2) is 6.33 Å². The van der Waals surface area contributed by atoms with E-state index in [1.54, 1.807) is 13.4 Å². The molecule has 3 heterocycles. The molecule has 1 aliphatic heterocycles. The van der Waals surface area contributed by atoms with Crippen molar-refractivity contribution in [1.82, 2.24) is 30.0 Å². The van der Waals surface area contributed by atoms with Gasteiger partial charge in [-0.1, -0.05) is 12.8 Å². The van der Waals surface area contributed by atoms with Crippen molar-refractivity contribution in [2.45, 2.75) is 63.8 Å². The van der Waals surface area contributed by atoms with E-state index in [0.29, 0.717) is 0 Å². The number of halogens is 3. The SMILES string of the molecule is COC(CCSC)CNc1nc2c(c(N3CCN(Cc4ncn[nH]4)CC3)n1)CCCCCC2.O=C(O)C(F)(F)F. The van der Waals surface area contributed by atoms with E-state index in [-0.39, 0.29) is 6.10 Å². The van der Waals surface area contributed by atoms with Crippen LogP contribution >= 0.6 is 11.8 Å². The maximum atomic E-state index is 10.6. The molecule has 224 valence electrons. The molecule has 2 aromatic heterocycles. The topological polar surface area (TPSA) is 132 Å². The van der Waals surface area contributed by atoms with Crippen LogP contribution in [0.3, 0.4) is 0 Å². The average Bonchev–Trinajstić information content (AvgIpc) is 3.42. The Morgan fingerprint density at radius 1 is 1.18 bits per heavy atom.